The summed E-state index contributed by atoms with van der Waals surface area (Å²) in [4.78, 5) is 40.8. The van der Waals surface area contributed by atoms with Gasteiger partial charge in [0.1, 0.15) is 6.54 Å². The molecule has 4 rings (SSSR count). The van der Waals surface area contributed by atoms with E-state index in [9.17, 15) is 14.4 Å². The van der Waals surface area contributed by atoms with Crippen molar-refractivity contribution in [1.29, 1.82) is 0 Å². The molecule has 0 saturated carbocycles. The molecule has 1 saturated heterocycles. The smallest absolute Gasteiger partial charge is 0.324 e. The Morgan fingerprint density at radius 3 is 2.24 bits per heavy atom. The van der Waals surface area contributed by atoms with Gasteiger partial charge >= 0.3 is 6.03 Å². The van der Waals surface area contributed by atoms with Crippen LogP contribution in [0.2, 0.25) is 0 Å². The van der Waals surface area contributed by atoms with Gasteiger partial charge in [-0.1, -0.05) is 92.7 Å². The molecule has 0 spiro atoms. The quantitative estimate of drug-likeness (QED) is 0.505. The fraction of sp³-hybridized carbons (Fsp3) is 0.250. The van der Waals surface area contributed by atoms with Crippen LogP contribution < -0.4 is 10.6 Å². The van der Waals surface area contributed by atoms with E-state index in [0.29, 0.717) is 5.56 Å². The summed E-state index contributed by atoms with van der Waals surface area (Å²) in [6, 6.07) is 24.0. The molecule has 4 amide bonds. The molecule has 3 aromatic rings. The summed E-state index contributed by atoms with van der Waals surface area (Å²) >= 11 is 0. The molecule has 34 heavy (non-hydrogen) atoms. The molecule has 1 heterocycles. The number of imide groups is 1. The maximum absolute atomic E-state index is 13.7. The molecular weight excluding hydrogens is 426 g/mol. The topological polar surface area (TPSA) is 78.5 Å². The second-order valence-corrected chi connectivity index (χ2v) is 9.00. The van der Waals surface area contributed by atoms with Crippen LogP contribution in [0.3, 0.4) is 0 Å². The highest BCUT2D eigenvalue weighted by atomic mass is 16.2. The summed E-state index contributed by atoms with van der Waals surface area (Å²) in [5, 5.41) is 5.83. The number of nitrogens with one attached hydrogen (secondary N) is 2. The van der Waals surface area contributed by atoms with Gasteiger partial charge in [0.25, 0.3) is 5.91 Å². The van der Waals surface area contributed by atoms with Gasteiger partial charge in [-0.3, -0.25) is 14.5 Å². The van der Waals surface area contributed by atoms with Crippen molar-refractivity contribution < 1.29 is 14.4 Å². The molecule has 1 atom stereocenters. The van der Waals surface area contributed by atoms with Crippen molar-refractivity contribution in [2.75, 3.05) is 11.9 Å². The number of amides is 4. The van der Waals surface area contributed by atoms with E-state index in [1.165, 1.54) is 0 Å². The highest BCUT2D eigenvalue weighted by molar-refractivity contribution is 6.10. The third-order valence-corrected chi connectivity index (χ3v) is 6.25. The predicted octanol–water partition coefficient (Wildman–Crippen LogP) is 4.75. The zero-order chi connectivity index (χ0) is 24.3. The SMILES string of the molecule is Cc1cccc(C(C)C)c1NC(=O)CN1C(=O)NC(Cc2ccccc2)(c2ccccc2)C1=O. The Kier molecular flexibility index (Phi) is 6.50. The van der Waals surface area contributed by atoms with Crippen LogP contribution in [0.4, 0.5) is 10.5 Å². The minimum atomic E-state index is -1.27. The van der Waals surface area contributed by atoms with Crippen molar-refractivity contribution in [3.05, 3.63) is 101 Å². The number of anilines is 1. The van der Waals surface area contributed by atoms with Gasteiger partial charge in [0.15, 0.2) is 5.54 Å². The van der Waals surface area contributed by atoms with Crippen LogP contribution in [0, 0.1) is 6.92 Å². The third kappa shape index (κ3) is 4.44. The first-order chi connectivity index (χ1) is 16.3. The Morgan fingerprint density at radius 1 is 0.941 bits per heavy atom. The summed E-state index contributed by atoms with van der Waals surface area (Å²) in [5.74, 6) is -0.636. The van der Waals surface area contributed by atoms with Gasteiger partial charge in [-0.15, -0.1) is 0 Å². The molecule has 1 unspecified atom stereocenters. The first-order valence-corrected chi connectivity index (χ1v) is 11.4. The first kappa shape index (κ1) is 23.2. The van der Waals surface area contributed by atoms with Crippen molar-refractivity contribution in [1.82, 2.24) is 10.2 Å². The average Bonchev–Trinajstić information content (AvgIpc) is 3.06. The van der Waals surface area contributed by atoms with E-state index in [1.54, 1.807) is 0 Å². The highest BCUT2D eigenvalue weighted by Crippen LogP contribution is 2.33. The molecule has 174 valence electrons. The summed E-state index contributed by atoms with van der Waals surface area (Å²) in [6.45, 7) is 5.68. The largest absolute Gasteiger partial charge is 0.325 e. The zero-order valence-electron chi connectivity index (χ0n) is 19.7. The number of carbonyl (C=O) groups is 3. The monoisotopic (exact) mass is 455 g/mol. The Labute approximate surface area is 200 Å². The second kappa shape index (κ2) is 9.51. The number of nitrogens with zero attached hydrogens (tertiary/aromatic N) is 1. The van der Waals surface area contributed by atoms with Crippen molar-refractivity contribution in [3.63, 3.8) is 0 Å². The molecule has 2 N–H and O–H groups in total. The molecule has 0 bridgehead atoms. The molecule has 0 aliphatic carbocycles. The normalized spacial score (nSPS) is 17.7. The zero-order valence-corrected chi connectivity index (χ0v) is 19.7. The number of benzene rings is 3. The molecule has 1 aliphatic rings. The number of aryl methyl sites for hydroxylation is 1. The molecule has 3 aromatic carbocycles. The van der Waals surface area contributed by atoms with Crippen LogP contribution in [0.1, 0.15) is 42.0 Å². The minimum absolute atomic E-state index is 0.212. The molecule has 1 aliphatic heterocycles. The number of para-hydroxylation sites is 1. The lowest BCUT2D eigenvalue weighted by Gasteiger charge is -2.27. The van der Waals surface area contributed by atoms with Crippen molar-refractivity contribution in [3.8, 4) is 0 Å². The van der Waals surface area contributed by atoms with Crippen molar-refractivity contribution >= 4 is 23.5 Å². The third-order valence-electron chi connectivity index (χ3n) is 6.25. The fourth-order valence-electron chi connectivity index (χ4n) is 4.48. The number of carbonyl (C=O) groups excluding carboxylic acids is 3. The van der Waals surface area contributed by atoms with Crippen molar-refractivity contribution in [2.24, 2.45) is 0 Å². The predicted molar refractivity (Wildman–Crippen MR) is 132 cm³/mol. The number of rotatable bonds is 7. The molecule has 6 nitrogen and oxygen atoms in total. The average molecular weight is 456 g/mol. The number of urea groups is 1. The minimum Gasteiger partial charge on any atom is -0.324 e. The van der Waals surface area contributed by atoms with E-state index < -0.39 is 23.4 Å². The van der Waals surface area contributed by atoms with E-state index in [2.05, 4.69) is 24.5 Å². The standard InChI is InChI=1S/C28H29N3O3/c1-19(2)23-16-10-11-20(3)25(23)29-24(32)18-31-26(33)28(30-27(31)34,22-14-8-5-9-15-22)17-21-12-6-4-7-13-21/h4-16,19H,17-18H2,1-3H3,(H,29,32)(H,30,34). The van der Waals surface area contributed by atoms with Crippen molar-refractivity contribution in [2.45, 2.75) is 38.6 Å². The maximum Gasteiger partial charge on any atom is 0.325 e. The molecular formula is C28H29N3O3. The lowest BCUT2D eigenvalue weighted by atomic mass is 9.83. The van der Waals surface area contributed by atoms with Crippen LogP contribution >= 0.6 is 0 Å². The Hall–Kier alpha value is -3.93. The molecule has 6 heteroatoms. The maximum atomic E-state index is 13.7. The van der Waals surface area contributed by atoms with E-state index in [-0.39, 0.29) is 18.9 Å². The summed E-state index contributed by atoms with van der Waals surface area (Å²) < 4.78 is 0. The Bertz CT molecular complexity index is 1210. The van der Waals surface area contributed by atoms with E-state index >= 15 is 0 Å². The van der Waals surface area contributed by atoms with Gasteiger partial charge in [-0.25, -0.2) is 4.79 Å². The Balaban J connectivity index is 1.61. The van der Waals surface area contributed by atoms with Gasteiger partial charge in [-0.2, -0.15) is 0 Å². The second-order valence-electron chi connectivity index (χ2n) is 9.00. The van der Waals surface area contributed by atoms with Crippen LogP contribution in [0.25, 0.3) is 0 Å². The lowest BCUT2D eigenvalue weighted by molar-refractivity contribution is -0.134. The van der Waals surface area contributed by atoms with Crippen LogP contribution in [0.15, 0.2) is 78.9 Å². The summed E-state index contributed by atoms with van der Waals surface area (Å²) in [5.41, 5.74) is 2.99. The molecule has 0 radical (unpaired) electrons. The highest BCUT2D eigenvalue weighted by Gasteiger charge is 2.52. The summed E-state index contributed by atoms with van der Waals surface area (Å²) in [7, 11) is 0. The lowest BCUT2D eigenvalue weighted by Crippen LogP contribution is -2.46. The van der Waals surface area contributed by atoms with Gasteiger partial charge in [0, 0.05) is 12.1 Å². The number of hydrogen-bond donors (Lipinski definition) is 2. The fourth-order valence-corrected chi connectivity index (χ4v) is 4.48. The van der Waals surface area contributed by atoms with Gasteiger partial charge in [0.2, 0.25) is 5.91 Å². The Morgan fingerprint density at radius 2 is 1.59 bits per heavy atom. The molecule has 0 aromatic heterocycles. The van der Waals surface area contributed by atoms with Crippen LogP contribution in [0.5, 0.6) is 0 Å². The first-order valence-electron chi connectivity index (χ1n) is 11.4. The van der Waals surface area contributed by atoms with E-state index in [1.807, 2.05) is 85.8 Å². The van der Waals surface area contributed by atoms with Gasteiger partial charge < -0.3 is 10.6 Å². The van der Waals surface area contributed by atoms with Gasteiger partial charge in [-0.05, 0) is 35.1 Å². The van der Waals surface area contributed by atoms with E-state index in [4.69, 9.17) is 0 Å². The van der Waals surface area contributed by atoms with Gasteiger partial charge in [0.05, 0.1) is 0 Å². The number of hydrogen-bond acceptors (Lipinski definition) is 3. The molecule has 1 fully saturated rings. The van der Waals surface area contributed by atoms with E-state index in [0.717, 1.165) is 27.3 Å². The summed E-state index contributed by atoms with van der Waals surface area (Å²) in [6.07, 6.45) is 0.288. The van der Waals surface area contributed by atoms with Crippen LogP contribution in [-0.2, 0) is 21.5 Å². The van der Waals surface area contributed by atoms with Crippen LogP contribution in [-0.4, -0.2) is 29.3 Å².